The summed E-state index contributed by atoms with van der Waals surface area (Å²) in [5.41, 5.74) is -5.10. The molecule has 34 nitrogen and oxygen atoms in total. The molecule has 0 saturated carbocycles. The van der Waals surface area contributed by atoms with E-state index in [-0.39, 0.29) is 36.7 Å². The fraction of sp³-hybridized carbons (Fsp3) is 0.467. The van der Waals surface area contributed by atoms with E-state index in [0.717, 1.165) is 61.4 Å². The third-order valence-corrected chi connectivity index (χ3v) is 15.4. The van der Waals surface area contributed by atoms with Crippen molar-refractivity contribution in [3.63, 3.8) is 0 Å². The zero-order valence-electron chi connectivity index (χ0n) is 53.1. The Bertz CT molecular complexity index is 3480. The van der Waals surface area contributed by atoms with Crippen LogP contribution in [0.4, 0.5) is 0 Å². The summed E-state index contributed by atoms with van der Waals surface area (Å²) in [5, 5.41) is 64.6. The first-order valence-corrected chi connectivity index (χ1v) is 29.2. The molecular weight excluding hydrogens is 1240 g/mol. The second-order valence-corrected chi connectivity index (χ2v) is 23.3. The van der Waals surface area contributed by atoms with Gasteiger partial charge in [-0.15, -0.1) is 0 Å². The standard InChI is InChI=1S/C60H74N14O20/c1-59(2,89)49-57(87)93-29-37(67-53(83)47-41(75)23-31-21-33(91-9)15-17-35(31)65-47)55(85)73-39(13-11-19-63-73)51(81)62-26-44(78)70(6)28-46(80)72(8)50(60(3,4)90)58(88)94-30-38(68-54(84)48-42(76)24-32-22-34(92-10)16-18-36(32)66-48)56(86)74-40(14-12-20-64-74)52(82)61-25-43(77)69(5)27-45(79)71(49)7/h15-24,37-40,49-50,75-76,89-90H,11-14,25-30H2,1-10H3,(H,61,82)(H,62,81)(H,67,83)(H,68,84)/t37-,38-,39+,40+,49-,50+/m0/s1. The van der Waals surface area contributed by atoms with E-state index in [1.807, 2.05) is 0 Å². The highest BCUT2D eigenvalue weighted by molar-refractivity contribution is 6.03. The van der Waals surface area contributed by atoms with E-state index >= 15 is 0 Å². The van der Waals surface area contributed by atoms with Crippen LogP contribution in [0.1, 0.15) is 74.4 Å². The molecule has 7 rings (SSSR count). The van der Waals surface area contributed by atoms with Gasteiger partial charge in [-0.25, -0.2) is 29.6 Å². The van der Waals surface area contributed by atoms with Crippen molar-refractivity contribution in [1.29, 1.82) is 0 Å². The molecule has 0 unspecified atom stereocenters. The maximum absolute atomic E-state index is 14.7. The molecule has 3 aliphatic rings. The average Bonchev–Trinajstić information content (AvgIpc) is 0.962. The third-order valence-electron chi connectivity index (χ3n) is 15.4. The van der Waals surface area contributed by atoms with Gasteiger partial charge in [-0.3, -0.25) is 47.9 Å². The van der Waals surface area contributed by atoms with Crippen LogP contribution in [0.5, 0.6) is 23.0 Å². The summed E-state index contributed by atoms with van der Waals surface area (Å²) in [7, 11) is 7.34. The van der Waals surface area contributed by atoms with E-state index in [9.17, 15) is 78.0 Å². The minimum Gasteiger partial charge on any atom is -0.505 e. The molecule has 8 N–H and O–H groups in total. The van der Waals surface area contributed by atoms with E-state index in [1.165, 1.54) is 89.3 Å². The number of methoxy groups -OCH3 is 2. The number of esters is 2. The average molecular weight is 1310 g/mol. The Labute approximate surface area is 537 Å². The first kappa shape index (κ1) is 70.8. The molecule has 0 bridgehead atoms. The summed E-state index contributed by atoms with van der Waals surface area (Å²) < 4.78 is 21.7. The number of nitrogens with zero attached hydrogens (tertiary/aromatic N) is 10. The van der Waals surface area contributed by atoms with Crippen molar-refractivity contribution in [1.82, 2.24) is 60.9 Å². The van der Waals surface area contributed by atoms with Gasteiger partial charge >= 0.3 is 11.9 Å². The van der Waals surface area contributed by atoms with E-state index in [4.69, 9.17) is 18.9 Å². The van der Waals surface area contributed by atoms with E-state index in [1.54, 1.807) is 0 Å². The van der Waals surface area contributed by atoms with Crippen molar-refractivity contribution in [3.8, 4) is 23.0 Å². The highest BCUT2D eigenvalue weighted by Gasteiger charge is 2.45. The summed E-state index contributed by atoms with van der Waals surface area (Å²) in [6, 6.07) is 0.627. The highest BCUT2D eigenvalue weighted by atomic mass is 16.5. The molecule has 1 saturated heterocycles. The molecule has 0 spiro atoms. The number of cyclic esters (lactones) is 2. The van der Waals surface area contributed by atoms with Gasteiger partial charge in [-0.2, -0.15) is 10.2 Å². The number of carbonyl (C=O) groups is 12. The van der Waals surface area contributed by atoms with Crippen LogP contribution in [0.3, 0.4) is 0 Å². The van der Waals surface area contributed by atoms with Crippen LogP contribution < -0.4 is 30.7 Å². The number of aliphatic hydroxyl groups is 2. The number of likely N-dealkylation sites (N-methyl/N-ethyl adjacent to an activating group) is 4. The monoisotopic (exact) mass is 1310 g/mol. The van der Waals surface area contributed by atoms with Crippen LogP contribution in [0, 0.1) is 0 Å². The molecule has 2 aromatic carbocycles. The zero-order chi connectivity index (χ0) is 69.3. The Morgan fingerprint density at radius 3 is 1.27 bits per heavy atom. The number of carbonyl (C=O) groups excluding carboxylic acids is 12. The molecule has 34 heteroatoms. The van der Waals surface area contributed by atoms with Crippen LogP contribution in [0.15, 0.2) is 58.7 Å². The molecule has 4 aromatic rings. The lowest BCUT2D eigenvalue weighted by Gasteiger charge is -2.36. The number of hydrogen-bond acceptors (Lipinski definition) is 24. The second kappa shape index (κ2) is 29.8. The highest BCUT2D eigenvalue weighted by Crippen LogP contribution is 2.29. The van der Waals surface area contributed by atoms with Crippen molar-refractivity contribution in [2.45, 2.75) is 101 Å². The number of hydrogen-bond donors (Lipinski definition) is 8. The van der Waals surface area contributed by atoms with Crippen LogP contribution in [-0.2, 0) is 57.4 Å². The number of rotatable bonds is 8. The fourth-order valence-electron chi connectivity index (χ4n) is 10.3. The fourth-order valence-corrected chi connectivity index (χ4v) is 10.3. The predicted octanol–water partition coefficient (Wildman–Crippen LogP) is -2.49. The Balaban J connectivity index is 1.20. The number of aromatic nitrogens is 2. The Morgan fingerprint density at radius 1 is 0.564 bits per heavy atom. The van der Waals surface area contributed by atoms with Crippen molar-refractivity contribution in [2.24, 2.45) is 10.2 Å². The molecule has 5 heterocycles. The normalized spacial score (nSPS) is 22.1. The molecule has 6 atom stereocenters. The van der Waals surface area contributed by atoms with Crippen LogP contribution in [-0.4, -0.2) is 273 Å². The van der Waals surface area contributed by atoms with Crippen LogP contribution in [0.25, 0.3) is 21.8 Å². The summed E-state index contributed by atoms with van der Waals surface area (Å²) >= 11 is 0. The second-order valence-electron chi connectivity index (χ2n) is 23.3. The maximum Gasteiger partial charge on any atom is 0.331 e. The van der Waals surface area contributed by atoms with Gasteiger partial charge in [0.1, 0.15) is 60.4 Å². The number of fused-ring (bicyclic) bond motifs is 4. The molecule has 3 aliphatic heterocycles. The zero-order valence-corrected chi connectivity index (χ0v) is 53.1. The van der Waals surface area contributed by atoms with Crippen LogP contribution in [0.2, 0.25) is 0 Å². The molecule has 2 aromatic heterocycles. The largest absolute Gasteiger partial charge is 0.505 e. The Hall–Kier alpha value is -10.6. The topological polar surface area (TPSA) is 441 Å². The van der Waals surface area contributed by atoms with Crippen LogP contribution >= 0.6 is 0 Å². The Morgan fingerprint density at radius 2 is 0.926 bits per heavy atom. The van der Waals surface area contributed by atoms with Gasteiger partial charge in [0.15, 0.2) is 23.5 Å². The number of aromatic hydroxyl groups is 2. The number of pyridine rings is 2. The lowest BCUT2D eigenvalue weighted by Crippen LogP contribution is -2.59. The molecule has 10 amide bonds. The predicted molar refractivity (Wildman–Crippen MR) is 328 cm³/mol. The van der Waals surface area contributed by atoms with Gasteiger partial charge < -0.3 is 80.2 Å². The van der Waals surface area contributed by atoms with Crippen molar-refractivity contribution in [2.75, 3.05) is 81.8 Å². The molecule has 94 heavy (non-hydrogen) atoms. The molecule has 0 radical (unpaired) electrons. The summed E-state index contributed by atoms with van der Waals surface area (Å²) in [6.07, 6.45) is 2.45. The lowest BCUT2D eigenvalue weighted by atomic mass is 9.97. The minimum absolute atomic E-state index is 0.0963. The van der Waals surface area contributed by atoms with E-state index in [0.29, 0.717) is 32.3 Å². The van der Waals surface area contributed by atoms with Gasteiger partial charge in [0.25, 0.3) is 23.6 Å². The number of hydrazone groups is 2. The van der Waals surface area contributed by atoms with Gasteiger partial charge in [-0.1, -0.05) is 0 Å². The van der Waals surface area contributed by atoms with Gasteiger partial charge in [0.2, 0.25) is 35.4 Å². The molecular formula is C60H74N14O20. The quantitative estimate of drug-likeness (QED) is 0.0846. The summed E-state index contributed by atoms with van der Waals surface area (Å²) in [5.74, 6) is -13.8. The Kier molecular flexibility index (Phi) is 22.4. The van der Waals surface area contributed by atoms with Crippen molar-refractivity contribution < 1.29 is 96.9 Å². The first-order chi connectivity index (χ1) is 44.2. The van der Waals surface area contributed by atoms with E-state index < -0.39 is 181 Å². The maximum atomic E-state index is 14.7. The number of ether oxygens (including phenoxy) is 4. The number of benzene rings is 2. The van der Waals surface area contributed by atoms with E-state index in [2.05, 4.69) is 41.4 Å². The smallest absolute Gasteiger partial charge is 0.331 e. The molecule has 0 aliphatic carbocycles. The number of nitrogens with one attached hydrogen (secondary N) is 4. The summed E-state index contributed by atoms with van der Waals surface area (Å²) in [4.78, 5) is 181. The lowest BCUT2D eigenvalue weighted by molar-refractivity contribution is -0.166. The minimum atomic E-state index is -2.14. The molecule has 504 valence electrons. The van der Waals surface area contributed by atoms with Gasteiger partial charge in [0.05, 0.1) is 62.6 Å². The summed E-state index contributed by atoms with van der Waals surface area (Å²) in [6.45, 7) is -0.843. The molecule has 1 fully saturated rings. The van der Waals surface area contributed by atoms with Crippen molar-refractivity contribution in [3.05, 3.63) is 59.9 Å². The number of amides is 10. The first-order valence-electron chi connectivity index (χ1n) is 29.2. The third kappa shape index (κ3) is 16.7. The van der Waals surface area contributed by atoms with Crippen molar-refractivity contribution >= 4 is 105 Å². The SMILES string of the molecule is COc1ccc2nc(C(=O)N[C@H]3COC(=O)[C@@H](C(C)(C)O)N(C)C(=O)CN(C)C(=O)CNC(=O)[C@H]4CCC=NN4C(=O)[C@@H](NC(=O)c4nc5ccc(OC)cc5cc4O)COC(=O)[C@H](C(C)(C)O)N(C)C(=O)CN(C)C(=O)CNC(=O)[C@H]4CCC=NN4C3=O)c(O)cc2c1. The van der Waals surface area contributed by atoms with Gasteiger partial charge in [0, 0.05) is 51.4 Å². The van der Waals surface area contributed by atoms with Gasteiger partial charge in [-0.05, 0) is 102 Å².